The van der Waals surface area contributed by atoms with E-state index in [2.05, 4.69) is 6.92 Å². The molecule has 15 heavy (non-hydrogen) atoms. The van der Waals surface area contributed by atoms with Crippen LogP contribution in [0.3, 0.4) is 0 Å². The number of allylic oxidation sites excluding steroid dienone is 1. The van der Waals surface area contributed by atoms with E-state index in [0.717, 1.165) is 31.2 Å². The van der Waals surface area contributed by atoms with Gasteiger partial charge in [0.25, 0.3) is 5.95 Å². The number of hydrogen-bond acceptors (Lipinski definition) is 2. The molecule has 0 amide bonds. The molecule has 0 aliphatic rings. The molecule has 2 nitrogen and oxygen atoms in total. The normalized spacial score (nSPS) is 9.93. The molecule has 1 aromatic carbocycles. The summed E-state index contributed by atoms with van der Waals surface area (Å²) in [4.78, 5) is 0. The molecule has 0 aromatic heterocycles. The fourth-order valence-corrected chi connectivity index (χ4v) is 1.58. The van der Waals surface area contributed by atoms with Gasteiger partial charge in [-0.2, -0.15) is 0 Å². The molecule has 0 aliphatic heterocycles. The lowest BCUT2D eigenvalue weighted by atomic mass is 10.0. The van der Waals surface area contributed by atoms with Crippen LogP contribution in [0, 0.1) is 0 Å². The van der Waals surface area contributed by atoms with Crippen LogP contribution < -0.4 is 0 Å². The Morgan fingerprint density at radius 1 is 1.07 bits per heavy atom. The van der Waals surface area contributed by atoms with E-state index in [-0.39, 0.29) is 0 Å². The maximum absolute atomic E-state index is 9.20. The minimum absolute atomic E-state index is 0.544. The van der Waals surface area contributed by atoms with Crippen molar-refractivity contribution in [2.45, 2.75) is 32.6 Å². The summed E-state index contributed by atoms with van der Waals surface area (Å²) in [6.45, 7) is 2.13. The van der Waals surface area contributed by atoms with Gasteiger partial charge in [-0.1, -0.05) is 50.1 Å². The lowest BCUT2D eigenvalue weighted by Crippen LogP contribution is -1.91. The molecule has 0 atom stereocenters. The van der Waals surface area contributed by atoms with Gasteiger partial charge in [0.2, 0.25) is 0 Å². The van der Waals surface area contributed by atoms with Gasteiger partial charge in [0.05, 0.1) is 0 Å². The molecule has 82 valence electrons. The lowest BCUT2D eigenvalue weighted by Gasteiger charge is -2.07. The van der Waals surface area contributed by atoms with Crippen LogP contribution in [-0.2, 0) is 0 Å². The van der Waals surface area contributed by atoms with Crippen molar-refractivity contribution < 1.29 is 10.2 Å². The van der Waals surface area contributed by atoms with E-state index in [4.69, 9.17) is 0 Å². The van der Waals surface area contributed by atoms with Crippen molar-refractivity contribution >= 4 is 5.57 Å². The van der Waals surface area contributed by atoms with E-state index >= 15 is 0 Å². The molecular weight excluding hydrogens is 188 g/mol. The fourth-order valence-electron chi connectivity index (χ4n) is 1.58. The minimum Gasteiger partial charge on any atom is -0.481 e. The van der Waals surface area contributed by atoms with E-state index < -0.39 is 5.95 Å². The van der Waals surface area contributed by atoms with Crippen molar-refractivity contribution in [3.05, 3.63) is 41.8 Å². The van der Waals surface area contributed by atoms with Gasteiger partial charge < -0.3 is 10.2 Å². The Labute approximate surface area is 90.9 Å². The summed E-state index contributed by atoms with van der Waals surface area (Å²) < 4.78 is 0. The second-order valence-electron chi connectivity index (χ2n) is 3.63. The molecule has 0 aliphatic carbocycles. The molecule has 0 saturated heterocycles. The van der Waals surface area contributed by atoms with Gasteiger partial charge in [0, 0.05) is 5.57 Å². The van der Waals surface area contributed by atoms with Crippen LogP contribution in [0.15, 0.2) is 36.3 Å². The molecule has 0 bridgehead atoms. The molecular formula is C13H18O2. The second-order valence-corrected chi connectivity index (χ2v) is 3.63. The number of unbranched alkanes of at least 4 members (excludes halogenated alkanes) is 2. The van der Waals surface area contributed by atoms with Crippen molar-refractivity contribution in [3.63, 3.8) is 0 Å². The van der Waals surface area contributed by atoms with Crippen LogP contribution in [0.1, 0.15) is 38.2 Å². The zero-order chi connectivity index (χ0) is 11.1. The average Bonchev–Trinajstić information content (AvgIpc) is 2.25. The molecule has 0 radical (unpaired) electrons. The number of hydrogen-bond donors (Lipinski definition) is 2. The molecule has 0 saturated carbocycles. The third kappa shape index (κ3) is 3.66. The zero-order valence-electron chi connectivity index (χ0n) is 9.11. The second kappa shape index (κ2) is 6.12. The Bertz CT molecular complexity index is 311. The summed E-state index contributed by atoms with van der Waals surface area (Å²) in [5.74, 6) is -0.544. The first kappa shape index (κ1) is 11.6. The highest BCUT2D eigenvalue weighted by Gasteiger charge is 2.06. The van der Waals surface area contributed by atoms with Crippen molar-refractivity contribution in [2.24, 2.45) is 0 Å². The topological polar surface area (TPSA) is 40.5 Å². The first-order valence-corrected chi connectivity index (χ1v) is 5.42. The highest BCUT2D eigenvalue weighted by Crippen LogP contribution is 2.22. The maximum Gasteiger partial charge on any atom is 0.278 e. The molecule has 1 aromatic rings. The van der Waals surface area contributed by atoms with Gasteiger partial charge >= 0.3 is 0 Å². The fraction of sp³-hybridized carbons (Fsp3) is 0.385. The molecule has 0 unspecified atom stereocenters. The van der Waals surface area contributed by atoms with E-state index in [0.29, 0.717) is 5.57 Å². The molecule has 2 N–H and O–H groups in total. The van der Waals surface area contributed by atoms with Gasteiger partial charge in [-0.25, -0.2) is 0 Å². The summed E-state index contributed by atoms with van der Waals surface area (Å²) >= 11 is 0. The highest BCUT2D eigenvalue weighted by molar-refractivity contribution is 5.65. The quantitative estimate of drug-likeness (QED) is 0.563. The Kier molecular flexibility index (Phi) is 4.75. The number of aliphatic hydroxyl groups excluding tert-OH is 1. The molecule has 0 fully saturated rings. The van der Waals surface area contributed by atoms with Crippen LogP contribution in [0.4, 0.5) is 0 Å². The van der Waals surface area contributed by atoms with E-state index in [1.54, 1.807) is 0 Å². The van der Waals surface area contributed by atoms with Crippen molar-refractivity contribution in [3.8, 4) is 0 Å². The van der Waals surface area contributed by atoms with E-state index in [1.807, 2.05) is 30.3 Å². The van der Waals surface area contributed by atoms with Crippen LogP contribution in [0.25, 0.3) is 5.57 Å². The summed E-state index contributed by atoms with van der Waals surface area (Å²) in [7, 11) is 0. The SMILES string of the molecule is CCCCCC(=C(O)O)c1ccccc1. The van der Waals surface area contributed by atoms with Crippen LogP contribution in [0.5, 0.6) is 0 Å². The lowest BCUT2D eigenvalue weighted by molar-refractivity contribution is 0.193. The smallest absolute Gasteiger partial charge is 0.278 e. The standard InChI is InChI=1S/C13H18O2/c1-2-3-5-10-12(13(14)15)11-8-6-4-7-9-11/h4,6-9,14-15H,2-3,5,10H2,1H3. The van der Waals surface area contributed by atoms with Gasteiger partial charge in [0.15, 0.2) is 0 Å². The predicted molar refractivity (Wildman–Crippen MR) is 62.8 cm³/mol. The largest absolute Gasteiger partial charge is 0.481 e. The predicted octanol–water partition coefficient (Wildman–Crippen LogP) is 4.05. The number of aliphatic hydroxyl groups is 2. The van der Waals surface area contributed by atoms with Crippen molar-refractivity contribution in [1.29, 1.82) is 0 Å². The van der Waals surface area contributed by atoms with Crippen LogP contribution in [-0.4, -0.2) is 10.2 Å². The van der Waals surface area contributed by atoms with Crippen molar-refractivity contribution in [1.82, 2.24) is 0 Å². The summed E-state index contributed by atoms with van der Waals surface area (Å²) in [6, 6.07) is 9.51. The maximum atomic E-state index is 9.20. The van der Waals surface area contributed by atoms with Gasteiger partial charge in [0.1, 0.15) is 0 Å². The summed E-state index contributed by atoms with van der Waals surface area (Å²) in [5.41, 5.74) is 1.54. The van der Waals surface area contributed by atoms with Gasteiger partial charge in [-0.05, 0) is 18.4 Å². The Morgan fingerprint density at radius 3 is 2.27 bits per heavy atom. The zero-order valence-corrected chi connectivity index (χ0v) is 9.11. The molecule has 0 heterocycles. The first-order chi connectivity index (χ1) is 7.25. The Hall–Kier alpha value is -1.44. The van der Waals surface area contributed by atoms with Crippen LogP contribution in [0.2, 0.25) is 0 Å². The first-order valence-electron chi connectivity index (χ1n) is 5.42. The average molecular weight is 206 g/mol. The third-order valence-corrected chi connectivity index (χ3v) is 2.42. The molecule has 1 rings (SSSR count). The monoisotopic (exact) mass is 206 g/mol. The number of benzene rings is 1. The summed E-state index contributed by atoms with van der Waals surface area (Å²) in [5, 5.41) is 18.4. The third-order valence-electron chi connectivity index (χ3n) is 2.42. The Morgan fingerprint density at radius 2 is 1.73 bits per heavy atom. The summed E-state index contributed by atoms with van der Waals surface area (Å²) in [6.07, 6.45) is 3.96. The van der Waals surface area contributed by atoms with E-state index in [9.17, 15) is 10.2 Å². The molecule has 2 heteroatoms. The van der Waals surface area contributed by atoms with Gasteiger partial charge in [-0.15, -0.1) is 0 Å². The van der Waals surface area contributed by atoms with Crippen molar-refractivity contribution in [2.75, 3.05) is 0 Å². The van der Waals surface area contributed by atoms with Gasteiger partial charge in [-0.3, -0.25) is 0 Å². The Balaban J connectivity index is 2.73. The minimum atomic E-state index is -0.544. The highest BCUT2D eigenvalue weighted by atomic mass is 16.5. The number of rotatable bonds is 5. The van der Waals surface area contributed by atoms with E-state index in [1.165, 1.54) is 0 Å². The van der Waals surface area contributed by atoms with Crippen LogP contribution >= 0.6 is 0 Å². The molecule has 0 spiro atoms.